The summed E-state index contributed by atoms with van der Waals surface area (Å²) >= 11 is 7.20. The van der Waals surface area contributed by atoms with E-state index in [2.05, 4.69) is 10.3 Å². The molecule has 0 atom stereocenters. The van der Waals surface area contributed by atoms with Crippen LogP contribution in [0.4, 0.5) is 9.52 Å². The van der Waals surface area contributed by atoms with Crippen molar-refractivity contribution in [3.63, 3.8) is 0 Å². The van der Waals surface area contributed by atoms with Gasteiger partial charge in [0, 0.05) is 10.9 Å². The number of hydrogen-bond acceptors (Lipinski definition) is 5. The fourth-order valence-corrected chi connectivity index (χ4v) is 3.47. The highest BCUT2D eigenvalue weighted by atomic mass is 35.5. The fourth-order valence-electron chi connectivity index (χ4n) is 2.50. The molecule has 1 amide bonds. The maximum absolute atomic E-state index is 13.1. The third-order valence-electron chi connectivity index (χ3n) is 3.74. The molecule has 1 aliphatic rings. The van der Waals surface area contributed by atoms with E-state index in [0.717, 1.165) is 11.6 Å². The van der Waals surface area contributed by atoms with Gasteiger partial charge in [-0.1, -0.05) is 11.6 Å². The Morgan fingerprint density at radius 3 is 2.77 bits per heavy atom. The van der Waals surface area contributed by atoms with E-state index < -0.39 is 11.7 Å². The molecule has 26 heavy (non-hydrogen) atoms. The molecular weight excluding hydrogens is 379 g/mol. The number of anilines is 1. The zero-order valence-electron chi connectivity index (χ0n) is 13.3. The van der Waals surface area contributed by atoms with Crippen molar-refractivity contribution >= 4 is 34.0 Å². The van der Waals surface area contributed by atoms with Crippen LogP contribution in [-0.2, 0) is 0 Å². The number of carbonyl (C=O) groups is 1. The molecule has 0 unspecified atom stereocenters. The van der Waals surface area contributed by atoms with Gasteiger partial charge in [0.1, 0.15) is 19.0 Å². The Morgan fingerprint density at radius 2 is 1.96 bits per heavy atom. The Morgan fingerprint density at radius 1 is 1.15 bits per heavy atom. The van der Waals surface area contributed by atoms with Gasteiger partial charge >= 0.3 is 0 Å². The minimum atomic E-state index is -0.498. The zero-order valence-corrected chi connectivity index (χ0v) is 14.9. The lowest BCUT2D eigenvalue weighted by molar-refractivity contribution is 0.102. The lowest BCUT2D eigenvalue weighted by Crippen LogP contribution is -2.15. The van der Waals surface area contributed by atoms with Crippen molar-refractivity contribution < 1.29 is 18.7 Å². The largest absolute Gasteiger partial charge is 0.486 e. The monoisotopic (exact) mass is 390 g/mol. The van der Waals surface area contributed by atoms with E-state index in [-0.39, 0.29) is 10.6 Å². The van der Waals surface area contributed by atoms with E-state index in [1.54, 1.807) is 0 Å². The van der Waals surface area contributed by atoms with Crippen molar-refractivity contribution in [3.8, 4) is 22.8 Å². The van der Waals surface area contributed by atoms with Crippen molar-refractivity contribution in [1.29, 1.82) is 0 Å². The maximum atomic E-state index is 13.1. The summed E-state index contributed by atoms with van der Waals surface area (Å²) in [5.41, 5.74) is 1.74. The molecule has 3 aromatic rings. The number of carbonyl (C=O) groups excluding carboxylic acids is 1. The van der Waals surface area contributed by atoms with Crippen LogP contribution >= 0.6 is 22.9 Å². The van der Waals surface area contributed by atoms with Gasteiger partial charge in [-0.05, 0) is 36.4 Å². The maximum Gasteiger partial charge on any atom is 0.258 e. The summed E-state index contributed by atoms with van der Waals surface area (Å²) in [5, 5.41) is 4.97. The summed E-state index contributed by atoms with van der Waals surface area (Å²) in [6.45, 7) is 1.04. The van der Waals surface area contributed by atoms with Gasteiger partial charge in [-0.15, -0.1) is 11.3 Å². The highest BCUT2D eigenvalue weighted by Gasteiger charge is 2.16. The van der Waals surface area contributed by atoms with Crippen molar-refractivity contribution in [2.45, 2.75) is 0 Å². The number of thiazole rings is 1. The molecule has 0 aliphatic carbocycles. The molecule has 0 radical (unpaired) electrons. The molecule has 8 heteroatoms. The molecule has 0 bridgehead atoms. The van der Waals surface area contributed by atoms with Crippen molar-refractivity contribution in [1.82, 2.24) is 4.98 Å². The molecule has 1 aliphatic heterocycles. The zero-order chi connectivity index (χ0) is 18.1. The Balaban J connectivity index is 1.54. The standard InChI is InChI=1S/C18H12ClFN2O3S/c19-13-8-11(20)2-3-12(13)17(23)22-18-21-14(9-26-18)10-1-4-15-16(7-10)25-6-5-24-15/h1-4,7-9H,5-6H2,(H,21,22,23). The number of rotatable bonds is 3. The molecule has 2 aromatic carbocycles. The van der Waals surface area contributed by atoms with Gasteiger partial charge in [0.2, 0.25) is 0 Å². The van der Waals surface area contributed by atoms with Gasteiger partial charge in [-0.2, -0.15) is 0 Å². The summed E-state index contributed by atoms with van der Waals surface area (Å²) in [7, 11) is 0. The lowest BCUT2D eigenvalue weighted by Gasteiger charge is -2.18. The number of ether oxygens (including phenoxy) is 2. The molecule has 0 spiro atoms. The van der Waals surface area contributed by atoms with Crippen LogP contribution in [0.2, 0.25) is 5.02 Å². The molecule has 0 saturated heterocycles. The second-order valence-electron chi connectivity index (χ2n) is 5.47. The SMILES string of the molecule is O=C(Nc1nc(-c2ccc3c(c2)OCCO3)cs1)c1ccc(F)cc1Cl. The topological polar surface area (TPSA) is 60.5 Å². The van der Waals surface area contributed by atoms with Gasteiger partial charge in [0.25, 0.3) is 5.91 Å². The van der Waals surface area contributed by atoms with Crippen LogP contribution in [0.1, 0.15) is 10.4 Å². The number of amides is 1. The number of benzene rings is 2. The molecule has 5 nitrogen and oxygen atoms in total. The Hall–Kier alpha value is -2.64. The first-order valence-corrected chi connectivity index (χ1v) is 8.98. The number of nitrogens with one attached hydrogen (secondary N) is 1. The summed E-state index contributed by atoms with van der Waals surface area (Å²) in [6, 6.07) is 9.18. The van der Waals surface area contributed by atoms with E-state index in [0.29, 0.717) is 35.5 Å². The average Bonchev–Trinajstić information content (AvgIpc) is 3.09. The molecule has 132 valence electrons. The summed E-state index contributed by atoms with van der Waals surface area (Å²) in [5.74, 6) is 0.430. The van der Waals surface area contributed by atoms with Crippen LogP contribution in [-0.4, -0.2) is 24.1 Å². The van der Waals surface area contributed by atoms with Gasteiger partial charge in [0.15, 0.2) is 16.6 Å². The smallest absolute Gasteiger partial charge is 0.258 e. The normalized spacial score (nSPS) is 12.7. The third kappa shape index (κ3) is 3.36. The second-order valence-corrected chi connectivity index (χ2v) is 6.74. The molecular formula is C18H12ClFN2O3S. The minimum absolute atomic E-state index is 0.0473. The molecule has 0 fully saturated rings. The molecule has 2 heterocycles. The predicted molar refractivity (Wildman–Crippen MR) is 97.9 cm³/mol. The first-order chi connectivity index (χ1) is 12.6. The molecule has 4 rings (SSSR count). The highest BCUT2D eigenvalue weighted by molar-refractivity contribution is 7.14. The first-order valence-electron chi connectivity index (χ1n) is 7.72. The van der Waals surface area contributed by atoms with Crippen LogP contribution in [0.3, 0.4) is 0 Å². The van der Waals surface area contributed by atoms with Crippen molar-refractivity contribution in [2.75, 3.05) is 18.5 Å². The van der Waals surface area contributed by atoms with Gasteiger partial charge < -0.3 is 9.47 Å². The summed E-state index contributed by atoms with van der Waals surface area (Å²) < 4.78 is 24.2. The van der Waals surface area contributed by atoms with E-state index in [4.69, 9.17) is 21.1 Å². The van der Waals surface area contributed by atoms with E-state index in [1.807, 2.05) is 23.6 Å². The molecule has 1 aromatic heterocycles. The van der Waals surface area contributed by atoms with Crippen LogP contribution in [0.25, 0.3) is 11.3 Å². The van der Waals surface area contributed by atoms with Crippen molar-refractivity contribution in [3.05, 3.63) is 58.2 Å². The molecule has 0 saturated carbocycles. The number of fused-ring (bicyclic) bond motifs is 1. The number of aromatic nitrogens is 1. The quantitative estimate of drug-likeness (QED) is 0.708. The predicted octanol–water partition coefficient (Wildman–Crippen LogP) is 4.63. The lowest BCUT2D eigenvalue weighted by atomic mass is 10.1. The number of halogens is 2. The molecule has 1 N–H and O–H groups in total. The Bertz CT molecular complexity index is 992. The fraction of sp³-hybridized carbons (Fsp3) is 0.111. The second kappa shape index (κ2) is 6.93. The van der Waals surface area contributed by atoms with Crippen LogP contribution in [0.15, 0.2) is 41.8 Å². The first kappa shape index (κ1) is 16.8. The highest BCUT2D eigenvalue weighted by Crippen LogP contribution is 2.35. The summed E-state index contributed by atoms with van der Waals surface area (Å²) in [4.78, 5) is 16.7. The summed E-state index contributed by atoms with van der Waals surface area (Å²) in [6.07, 6.45) is 0. The van der Waals surface area contributed by atoms with Crippen LogP contribution < -0.4 is 14.8 Å². The van der Waals surface area contributed by atoms with Crippen LogP contribution in [0, 0.1) is 5.82 Å². The van der Waals surface area contributed by atoms with Gasteiger partial charge in [0.05, 0.1) is 16.3 Å². The van der Waals surface area contributed by atoms with Gasteiger partial charge in [-0.3, -0.25) is 10.1 Å². The number of nitrogens with zero attached hydrogens (tertiary/aromatic N) is 1. The van der Waals surface area contributed by atoms with E-state index in [1.165, 1.54) is 23.5 Å². The number of hydrogen-bond donors (Lipinski definition) is 1. The van der Waals surface area contributed by atoms with Crippen molar-refractivity contribution in [2.24, 2.45) is 0 Å². The third-order valence-corrected chi connectivity index (χ3v) is 4.81. The Labute approximate surface area is 157 Å². The van der Waals surface area contributed by atoms with Crippen LogP contribution in [0.5, 0.6) is 11.5 Å². The van der Waals surface area contributed by atoms with Gasteiger partial charge in [-0.25, -0.2) is 9.37 Å². The average molecular weight is 391 g/mol. The minimum Gasteiger partial charge on any atom is -0.486 e. The van der Waals surface area contributed by atoms with E-state index >= 15 is 0 Å². The van der Waals surface area contributed by atoms with E-state index in [9.17, 15) is 9.18 Å². The Kier molecular flexibility index (Phi) is 4.48.